The first-order valence-electron chi connectivity index (χ1n) is 8.51. The smallest absolute Gasteiger partial charge is 0.317 e. The molecular weight excluding hydrogens is 266 g/mol. The maximum Gasteiger partial charge on any atom is 0.317 e. The van der Waals surface area contributed by atoms with Crippen LogP contribution in [0.25, 0.3) is 0 Å². The Labute approximate surface area is 130 Å². The second-order valence-corrected chi connectivity index (χ2v) is 5.32. The van der Waals surface area contributed by atoms with Gasteiger partial charge in [0.15, 0.2) is 0 Å². The average molecular weight is 303 g/mol. The number of rotatable bonds is 14. The highest BCUT2D eigenvalue weighted by Gasteiger charge is 1.92. The normalized spacial score (nSPS) is 10.0. The summed E-state index contributed by atoms with van der Waals surface area (Å²) < 4.78 is 0. The maximum atomic E-state index is 9.24. The molecule has 0 unspecified atom stereocenters. The highest BCUT2D eigenvalue weighted by Crippen LogP contribution is 2.10. The highest BCUT2D eigenvalue weighted by molar-refractivity contribution is 5.68. The molecule has 128 valence electrons. The first-order chi connectivity index (χ1) is 10.2. The van der Waals surface area contributed by atoms with E-state index in [1.54, 1.807) is 0 Å². The molecule has 0 fully saturated rings. The zero-order chi connectivity index (χ0) is 16.2. The van der Waals surface area contributed by atoms with E-state index < -0.39 is 5.97 Å². The van der Waals surface area contributed by atoms with E-state index in [9.17, 15) is 4.79 Å². The number of nitrogens with one attached hydrogen (secondary N) is 1. The largest absolute Gasteiger partial charge is 0.480 e. The Kier molecular flexibility index (Phi) is 23.3. The van der Waals surface area contributed by atoms with Crippen molar-refractivity contribution in [3.05, 3.63) is 0 Å². The SMILES string of the molecule is CCCCCCCCCCCCNCCN.NCC(=O)O. The monoisotopic (exact) mass is 303 g/mol. The van der Waals surface area contributed by atoms with Crippen LogP contribution in [0.2, 0.25) is 0 Å². The summed E-state index contributed by atoms with van der Waals surface area (Å²) in [5.74, 6) is -0.968. The lowest BCUT2D eigenvalue weighted by Crippen LogP contribution is -2.23. The van der Waals surface area contributed by atoms with Crippen molar-refractivity contribution in [1.82, 2.24) is 5.32 Å². The van der Waals surface area contributed by atoms with E-state index in [0.717, 1.165) is 19.6 Å². The van der Waals surface area contributed by atoms with Gasteiger partial charge >= 0.3 is 5.97 Å². The molecule has 0 aromatic carbocycles. The molecule has 0 rings (SSSR count). The lowest BCUT2D eigenvalue weighted by Gasteiger charge is -2.03. The number of hydrogen-bond acceptors (Lipinski definition) is 4. The predicted molar refractivity (Wildman–Crippen MR) is 90.5 cm³/mol. The molecule has 5 heteroatoms. The minimum atomic E-state index is -0.968. The Morgan fingerprint density at radius 2 is 1.29 bits per heavy atom. The molecule has 5 nitrogen and oxygen atoms in total. The van der Waals surface area contributed by atoms with Crippen LogP contribution in [0.3, 0.4) is 0 Å². The first-order valence-corrected chi connectivity index (χ1v) is 8.51. The van der Waals surface area contributed by atoms with Gasteiger partial charge in [0.05, 0.1) is 6.54 Å². The third-order valence-electron chi connectivity index (χ3n) is 3.20. The van der Waals surface area contributed by atoms with Crippen molar-refractivity contribution in [3.63, 3.8) is 0 Å². The van der Waals surface area contributed by atoms with Crippen molar-refractivity contribution in [2.24, 2.45) is 11.5 Å². The Balaban J connectivity index is 0. The molecule has 6 N–H and O–H groups in total. The van der Waals surface area contributed by atoms with Crippen LogP contribution < -0.4 is 16.8 Å². The number of unbranched alkanes of at least 4 members (excludes halogenated alkanes) is 9. The number of nitrogens with two attached hydrogens (primary N) is 2. The van der Waals surface area contributed by atoms with E-state index >= 15 is 0 Å². The fourth-order valence-electron chi connectivity index (χ4n) is 1.96. The summed E-state index contributed by atoms with van der Waals surface area (Å²) in [7, 11) is 0. The van der Waals surface area contributed by atoms with Gasteiger partial charge in [-0.25, -0.2) is 0 Å². The van der Waals surface area contributed by atoms with Crippen LogP contribution in [0.1, 0.15) is 71.1 Å². The number of carboxylic acid groups (broad SMARTS) is 1. The van der Waals surface area contributed by atoms with E-state index in [4.69, 9.17) is 10.8 Å². The molecule has 21 heavy (non-hydrogen) atoms. The minimum absolute atomic E-state index is 0.278. The Hall–Kier alpha value is -0.650. The van der Waals surface area contributed by atoms with Crippen LogP contribution in [0.5, 0.6) is 0 Å². The van der Waals surface area contributed by atoms with Crippen molar-refractivity contribution in [2.75, 3.05) is 26.2 Å². The van der Waals surface area contributed by atoms with Crippen molar-refractivity contribution in [1.29, 1.82) is 0 Å². The first kappa shape index (κ1) is 22.6. The van der Waals surface area contributed by atoms with E-state index in [0.29, 0.717) is 0 Å². The quantitative estimate of drug-likeness (QED) is 0.369. The van der Waals surface area contributed by atoms with Crippen LogP contribution in [0.15, 0.2) is 0 Å². The van der Waals surface area contributed by atoms with Crippen molar-refractivity contribution < 1.29 is 9.90 Å². The number of aliphatic carboxylic acids is 1. The number of carbonyl (C=O) groups is 1. The molecule has 0 aliphatic heterocycles. The van der Waals surface area contributed by atoms with Gasteiger partial charge in [0.1, 0.15) is 0 Å². The van der Waals surface area contributed by atoms with Gasteiger partial charge in [-0.3, -0.25) is 4.79 Å². The van der Waals surface area contributed by atoms with Crippen LogP contribution in [0.4, 0.5) is 0 Å². The lowest BCUT2D eigenvalue weighted by molar-refractivity contribution is -0.135. The van der Waals surface area contributed by atoms with Crippen LogP contribution in [-0.2, 0) is 4.79 Å². The molecule has 0 aliphatic rings. The molecule has 0 heterocycles. The summed E-state index contributed by atoms with van der Waals surface area (Å²) in [5.41, 5.74) is 9.97. The Morgan fingerprint density at radius 3 is 1.67 bits per heavy atom. The zero-order valence-corrected chi connectivity index (χ0v) is 13.9. The Bertz CT molecular complexity index is 188. The van der Waals surface area contributed by atoms with E-state index in [2.05, 4.69) is 18.0 Å². The molecule has 0 bridgehead atoms. The third-order valence-corrected chi connectivity index (χ3v) is 3.20. The minimum Gasteiger partial charge on any atom is -0.480 e. The second kappa shape index (κ2) is 21.6. The van der Waals surface area contributed by atoms with Gasteiger partial charge in [0.2, 0.25) is 0 Å². The third kappa shape index (κ3) is 28.3. The van der Waals surface area contributed by atoms with E-state index in [-0.39, 0.29) is 6.54 Å². The predicted octanol–water partition coefficient (Wildman–Crippen LogP) is 2.49. The van der Waals surface area contributed by atoms with Crippen molar-refractivity contribution >= 4 is 5.97 Å². The summed E-state index contributed by atoms with van der Waals surface area (Å²) in [6.07, 6.45) is 14.1. The fourth-order valence-corrected chi connectivity index (χ4v) is 1.96. The van der Waals surface area contributed by atoms with Crippen molar-refractivity contribution in [3.8, 4) is 0 Å². The molecule has 0 atom stereocenters. The average Bonchev–Trinajstić information content (AvgIpc) is 2.49. The summed E-state index contributed by atoms with van der Waals surface area (Å²) in [6.45, 7) is 4.88. The maximum absolute atomic E-state index is 9.24. The fraction of sp³-hybridized carbons (Fsp3) is 0.938. The summed E-state index contributed by atoms with van der Waals surface area (Å²) in [5, 5.41) is 10.9. The van der Waals surface area contributed by atoms with E-state index in [1.165, 1.54) is 64.2 Å². The van der Waals surface area contributed by atoms with Gasteiger partial charge < -0.3 is 21.9 Å². The van der Waals surface area contributed by atoms with Gasteiger partial charge in [-0.2, -0.15) is 0 Å². The number of hydrogen-bond donors (Lipinski definition) is 4. The zero-order valence-electron chi connectivity index (χ0n) is 13.9. The van der Waals surface area contributed by atoms with Gasteiger partial charge in [-0.05, 0) is 13.0 Å². The molecule has 0 saturated heterocycles. The molecular formula is C16H37N3O2. The lowest BCUT2D eigenvalue weighted by atomic mass is 10.1. The molecule has 0 aliphatic carbocycles. The highest BCUT2D eigenvalue weighted by atomic mass is 16.4. The van der Waals surface area contributed by atoms with Crippen LogP contribution in [0, 0.1) is 0 Å². The molecule has 0 radical (unpaired) electrons. The molecule has 0 aromatic heterocycles. The summed E-state index contributed by atoms with van der Waals surface area (Å²) in [6, 6.07) is 0. The topological polar surface area (TPSA) is 101 Å². The molecule has 0 spiro atoms. The second-order valence-electron chi connectivity index (χ2n) is 5.32. The van der Waals surface area contributed by atoms with Gasteiger partial charge in [0, 0.05) is 13.1 Å². The van der Waals surface area contributed by atoms with Gasteiger partial charge in [0.25, 0.3) is 0 Å². The van der Waals surface area contributed by atoms with Gasteiger partial charge in [-0.1, -0.05) is 64.7 Å². The molecule has 0 amide bonds. The summed E-state index contributed by atoms with van der Waals surface area (Å²) >= 11 is 0. The Morgan fingerprint density at radius 1 is 0.857 bits per heavy atom. The molecule has 0 aromatic rings. The van der Waals surface area contributed by atoms with Gasteiger partial charge in [-0.15, -0.1) is 0 Å². The van der Waals surface area contributed by atoms with Crippen LogP contribution >= 0.6 is 0 Å². The standard InChI is InChI=1S/C14H32N2.C2H5NO2/c1-2-3-4-5-6-7-8-9-10-11-13-16-14-12-15;3-1-2(4)5/h16H,2-15H2,1H3;1,3H2,(H,4,5). The van der Waals surface area contributed by atoms with E-state index in [1.807, 2.05) is 0 Å². The van der Waals surface area contributed by atoms with Crippen LogP contribution in [-0.4, -0.2) is 37.3 Å². The summed E-state index contributed by atoms with van der Waals surface area (Å²) in [4.78, 5) is 9.24. The number of carboxylic acids is 1. The molecule has 0 saturated carbocycles. The van der Waals surface area contributed by atoms with Crippen molar-refractivity contribution in [2.45, 2.75) is 71.1 Å².